The first kappa shape index (κ1) is 8.07. The van der Waals surface area contributed by atoms with Crippen molar-refractivity contribution >= 4 is 33.7 Å². The van der Waals surface area contributed by atoms with Gasteiger partial charge in [0.05, 0.1) is 0 Å². The number of rotatable bonds is 1. The maximum atomic E-state index is 10.1. The van der Waals surface area contributed by atoms with Gasteiger partial charge in [-0.3, -0.25) is 10.1 Å². The number of amidine groups is 1. The fraction of sp³-hybridized carbons (Fsp3) is 0. The van der Waals surface area contributed by atoms with Gasteiger partial charge in [-0.1, -0.05) is 4.99 Å². The highest BCUT2D eigenvalue weighted by Crippen LogP contribution is 2.10. The third-order valence-corrected chi connectivity index (χ3v) is 1.26. The molecular weight excluding hydrogens is 193 g/mol. The predicted molar refractivity (Wildman–Crippen MR) is 40.3 cm³/mol. The van der Waals surface area contributed by atoms with Crippen LogP contribution in [0, 0.1) is 16.3 Å². The molecule has 0 aromatic carbocycles. The quantitative estimate of drug-likeness (QED) is 0.271. The molecule has 1 aliphatic rings. The van der Waals surface area contributed by atoms with Gasteiger partial charge in [0.2, 0.25) is 0 Å². The monoisotopic (exact) mass is 192 g/mol. The zero-order valence-corrected chi connectivity index (χ0v) is 6.43. The second-order valence-corrected chi connectivity index (χ2v) is 2.20. The van der Waals surface area contributed by atoms with Gasteiger partial charge in [0.1, 0.15) is 4.92 Å². The van der Waals surface area contributed by atoms with E-state index in [-0.39, 0.29) is 10.5 Å². The lowest BCUT2D eigenvalue weighted by Crippen LogP contribution is -2.10. The molecule has 1 heterocycles. The van der Waals surface area contributed by atoms with Crippen LogP contribution in [0.5, 0.6) is 0 Å². The molecule has 0 bridgehead atoms. The molecular formula is C4Cl2N3O2+. The van der Waals surface area contributed by atoms with Crippen molar-refractivity contribution in [2.24, 2.45) is 9.98 Å². The number of nitrogens with zero attached hydrogens (tertiary/aromatic N) is 3. The van der Waals surface area contributed by atoms with E-state index in [1.54, 1.807) is 0 Å². The summed E-state index contributed by atoms with van der Waals surface area (Å²) in [4.78, 5) is 16.0. The normalized spacial score (nSPS) is 16.0. The maximum Gasteiger partial charge on any atom is 0.486 e. The molecule has 11 heavy (non-hydrogen) atoms. The van der Waals surface area contributed by atoms with E-state index in [1.807, 2.05) is 6.20 Å². The van der Waals surface area contributed by atoms with Gasteiger partial charge in [-0.05, 0) is 4.99 Å². The minimum absolute atomic E-state index is 0.166. The number of nitro groups is 1. The van der Waals surface area contributed by atoms with Gasteiger partial charge in [-0.2, -0.15) is 0 Å². The molecule has 7 heteroatoms. The molecule has 0 unspecified atom stereocenters. The first-order chi connectivity index (χ1) is 5.11. The summed E-state index contributed by atoms with van der Waals surface area (Å²) in [5.74, 6) is 0. The summed E-state index contributed by atoms with van der Waals surface area (Å²) in [6, 6.07) is 0. The molecule has 0 atom stereocenters. The number of allylic oxidation sites excluding steroid dienone is 1. The third kappa shape index (κ3) is 1.71. The molecule has 0 radical (unpaired) electrons. The largest absolute Gasteiger partial charge is 0.486 e. The highest BCUT2D eigenvalue weighted by atomic mass is 35.5. The number of aliphatic imine (C=N–C) groups is 2. The predicted octanol–water partition coefficient (Wildman–Crippen LogP) is 1.15. The van der Waals surface area contributed by atoms with Gasteiger partial charge in [0, 0.05) is 23.2 Å². The fourth-order valence-corrected chi connectivity index (χ4v) is 0.782. The summed E-state index contributed by atoms with van der Waals surface area (Å²) in [6.07, 6.45) is 2.03. The van der Waals surface area contributed by atoms with E-state index in [9.17, 15) is 10.1 Å². The van der Waals surface area contributed by atoms with Gasteiger partial charge < -0.3 is 0 Å². The van der Waals surface area contributed by atoms with Crippen LogP contribution in [0.1, 0.15) is 0 Å². The molecule has 0 spiro atoms. The maximum absolute atomic E-state index is 10.1. The molecule has 1 aliphatic heterocycles. The van der Waals surface area contributed by atoms with Crippen LogP contribution in [-0.4, -0.2) is 15.4 Å². The molecule has 56 valence electrons. The standard InChI is InChI=1S/C4Cl2N3O2/c5-3-2(9(10)11)1-7-4(6)8-3/q+1. The van der Waals surface area contributed by atoms with E-state index in [0.29, 0.717) is 0 Å². The molecule has 5 nitrogen and oxygen atoms in total. The lowest BCUT2D eigenvalue weighted by atomic mass is 10.5. The minimum atomic E-state index is -0.737. The van der Waals surface area contributed by atoms with E-state index in [2.05, 4.69) is 9.98 Å². The first-order valence-electron chi connectivity index (χ1n) is 2.36. The minimum Gasteiger partial charge on any atom is -0.255 e. The SMILES string of the molecule is O=[N+]([O-])C1=[C+]N=C(Cl)N=C1Cl. The Balaban J connectivity index is 3.04. The summed E-state index contributed by atoms with van der Waals surface area (Å²) in [5, 5.41) is 9.62. The van der Waals surface area contributed by atoms with Crippen LogP contribution < -0.4 is 0 Å². The topological polar surface area (TPSA) is 67.9 Å². The van der Waals surface area contributed by atoms with E-state index in [0.717, 1.165) is 0 Å². The van der Waals surface area contributed by atoms with E-state index in [1.165, 1.54) is 0 Å². The van der Waals surface area contributed by atoms with Crippen molar-refractivity contribution in [3.8, 4) is 0 Å². The average Bonchev–Trinajstić information content (AvgIpc) is 1.85. The van der Waals surface area contributed by atoms with Crippen molar-refractivity contribution < 1.29 is 4.92 Å². The molecule has 0 aromatic heterocycles. The van der Waals surface area contributed by atoms with Crippen LogP contribution in [0.2, 0.25) is 0 Å². The number of hydrogen-bond donors (Lipinski definition) is 0. The van der Waals surface area contributed by atoms with Gasteiger partial charge in [0.25, 0.3) is 6.20 Å². The zero-order chi connectivity index (χ0) is 8.43. The molecule has 0 aliphatic carbocycles. The zero-order valence-electron chi connectivity index (χ0n) is 4.91. The lowest BCUT2D eigenvalue weighted by Gasteiger charge is -1.86. The van der Waals surface area contributed by atoms with Crippen LogP contribution in [0.25, 0.3) is 0 Å². The summed E-state index contributed by atoms with van der Waals surface area (Å²) in [6.45, 7) is 0. The van der Waals surface area contributed by atoms with Gasteiger partial charge in [-0.15, -0.1) is 0 Å². The van der Waals surface area contributed by atoms with Crippen molar-refractivity contribution in [2.45, 2.75) is 0 Å². The number of hydrogen-bond acceptors (Lipinski definition) is 4. The highest BCUT2D eigenvalue weighted by Gasteiger charge is 2.32. The fourth-order valence-electron chi connectivity index (χ4n) is 0.420. The smallest absolute Gasteiger partial charge is 0.255 e. The van der Waals surface area contributed by atoms with E-state index < -0.39 is 10.6 Å². The van der Waals surface area contributed by atoms with Crippen LogP contribution >= 0.6 is 23.2 Å². The summed E-state index contributed by atoms with van der Waals surface area (Å²) >= 11 is 10.6. The molecule has 0 saturated carbocycles. The second-order valence-electron chi connectivity index (χ2n) is 1.50. The van der Waals surface area contributed by atoms with Gasteiger partial charge >= 0.3 is 16.2 Å². The van der Waals surface area contributed by atoms with Crippen molar-refractivity contribution in [1.29, 1.82) is 0 Å². The Hall–Kier alpha value is -1.03. The highest BCUT2D eigenvalue weighted by molar-refractivity contribution is 6.74. The summed E-state index contributed by atoms with van der Waals surface area (Å²) in [5.41, 5.74) is -0.476. The van der Waals surface area contributed by atoms with Crippen molar-refractivity contribution in [1.82, 2.24) is 0 Å². The lowest BCUT2D eigenvalue weighted by molar-refractivity contribution is -0.415. The molecule has 0 fully saturated rings. The Morgan fingerprint density at radius 3 is 2.64 bits per heavy atom. The Kier molecular flexibility index (Phi) is 2.14. The molecule has 0 amide bonds. The molecule has 0 aromatic rings. The Morgan fingerprint density at radius 2 is 2.18 bits per heavy atom. The molecule has 0 saturated heterocycles. The summed E-state index contributed by atoms with van der Waals surface area (Å²) < 4.78 is 0. The van der Waals surface area contributed by atoms with Crippen molar-refractivity contribution in [2.75, 3.05) is 0 Å². The number of halogens is 2. The van der Waals surface area contributed by atoms with Gasteiger partial charge in [-0.25, -0.2) is 0 Å². The Labute approximate surface area is 71.2 Å². The Bertz CT molecular complexity index is 294. The second kappa shape index (κ2) is 2.92. The van der Waals surface area contributed by atoms with E-state index in [4.69, 9.17) is 23.2 Å². The molecule has 1 rings (SSSR count). The summed E-state index contributed by atoms with van der Waals surface area (Å²) in [7, 11) is 0. The van der Waals surface area contributed by atoms with Crippen LogP contribution in [0.3, 0.4) is 0 Å². The first-order valence-corrected chi connectivity index (χ1v) is 3.12. The van der Waals surface area contributed by atoms with Crippen molar-refractivity contribution in [3.63, 3.8) is 0 Å². The Morgan fingerprint density at radius 1 is 1.55 bits per heavy atom. The van der Waals surface area contributed by atoms with E-state index >= 15 is 0 Å². The third-order valence-electron chi connectivity index (χ3n) is 0.822. The van der Waals surface area contributed by atoms with Crippen molar-refractivity contribution in [3.05, 3.63) is 22.0 Å². The van der Waals surface area contributed by atoms with Gasteiger partial charge in [0.15, 0.2) is 0 Å². The van der Waals surface area contributed by atoms with Crippen LogP contribution in [0.15, 0.2) is 15.7 Å². The molecule has 0 N–H and O–H groups in total. The van der Waals surface area contributed by atoms with Crippen LogP contribution in [-0.2, 0) is 0 Å². The van der Waals surface area contributed by atoms with Crippen LogP contribution in [0.4, 0.5) is 0 Å². The average molecular weight is 193 g/mol.